The van der Waals surface area contributed by atoms with Crippen LogP contribution in [-0.4, -0.2) is 42.1 Å². The van der Waals surface area contributed by atoms with Crippen molar-refractivity contribution >= 4 is 11.6 Å². The van der Waals surface area contributed by atoms with Gasteiger partial charge in [-0.05, 0) is 17.7 Å². The van der Waals surface area contributed by atoms with Gasteiger partial charge in [0.15, 0.2) is 12.0 Å². The summed E-state index contributed by atoms with van der Waals surface area (Å²) in [5.74, 6) is -1.36. The number of methoxy groups -OCH3 is 2. The zero-order valence-electron chi connectivity index (χ0n) is 14.7. The number of halogens is 1. The molecule has 0 spiro atoms. The van der Waals surface area contributed by atoms with Crippen molar-refractivity contribution in [2.24, 2.45) is 0 Å². The number of aromatic hydroxyl groups is 1. The third-order valence-electron chi connectivity index (χ3n) is 5.26. The third-order valence-corrected chi connectivity index (χ3v) is 5.26. The number of phenolic OH excluding ortho intramolecular Hbond substituents is 1. The number of ether oxygens (including phenoxy) is 2. The molecule has 0 unspecified atom stereocenters. The fourth-order valence-electron chi connectivity index (χ4n) is 3.95. The lowest BCUT2D eigenvalue weighted by atomic mass is 9.76. The van der Waals surface area contributed by atoms with Gasteiger partial charge in [0.2, 0.25) is 5.78 Å². The van der Waals surface area contributed by atoms with Gasteiger partial charge in [-0.2, -0.15) is 0 Å². The zero-order chi connectivity index (χ0) is 19.5. The average molecular weight is 372 g/mol. The molecule has 0 aromatic heterocycles. The molecule has 140 valence electrons. The van der Waals surface area contributed by atoms with E-state index in [0.29, 0.717) is 0 Å². The second-order valence-electron chi connectivity index (χ2n) is 6.62. The summed E-state index contributed by atoms with van der Waals surface area (Å²) in [5, 5.41) is 20.8. The van der Waals surface area contributed by atoms with Crippen LogP contribution in [0.15, 0.2) is 24.3 Å². The van der Waals surface area contributed by atoms with E-state index in [1.165, 1.54) is 26.4 Å². The SMILES string of the molecule is COc1cccc2c1C(=O)c1c(cc3c(c1O)[C@H](OC)C[C@H](O)[C@H]3F)C2=O. The lowest BCUT2D eigenvalue weighted by Crippen LogP contribution is -2.29. The highest BCUT2D eigenvalue weighted by Crippen LogP contribution is 2.48. The molecular formula is C20H17FO6. The van der Waals surface area contributed by atoms with E-state index >= 15 is 0 Å². The van der Waals surface area contributed by atoms with Gasteiger partial charge in [-0.1, -0.05) is 12.1 Å². The van der Waals surface area contributed by atoms with Crippen LogP contribution in [0.5, 0.6) is 11.5 Å². The van der Waals surface area contributed by atoms with Gasteiger partial charge in [0, 0.05) is 30.2 Å². The van der Waals surface area contributed by atoms with Crippen molar-refractivity contribution in [1.29, 1.82) is 0 Å². The number of benzene rings is 2. The van der Waals surface area contributed by atoms with Crippen LogP contribution in [0, 0.1) is 0 Å². The predicted molar refractivity (Wildman–Crippen MR) is 92.2 cm³/mol. The minimum absolute atomic E-state index is 0.0376. The normalized spacial score (nSPS) is 23.5. The van der Waals surface area contributed by atoms with Crippen molar-refractivity contribution in [1.82, 2.24) is 0 Å². The third kappa shape index (κ3) is 2.32. The first-order valence-corrected chi connectivity index (χ1v) is 8.41. The fraction of sp³-hybridized carbons (Fsp3) is 0.300. The van der Waals surface area contributed by atoms with Gasteiger partial charge < -0.3 is 19.7 Å². The first-order chi connectivity index (χ1) is 12.9. The van der Waals surface area contributed by atoms with E-state index in [2.05, 4.69) is 0 Å². The van der Waals surface area contributed by atoms with Gasteiger partial charge in [0.25, 0.3) is 0 Å². The predicted octanol–water partition coefficient (Wildman–Crippen LogP) is 2.64. The van der Waals surface area contributed by atoms with Crippen molar-refractivity contribution in [3.8, 4) is 11.5 Å². The second kappa shape index (κ2) is 6.14. The Labute approximate surface area is 154 Å². The molecule has 27 heavy (non-hydrogen) atoms. The molecule has 0 fully saturated rings. The molecule has 6 nitrogen and oxygen atoms in total. The van der Waals surface area contributed by atoms with E-state index in [1.807, 2.05) is 0 Å². The number of hydrogen-bond acceptors (Lipinski definition) is 6. The summed E-state index contributed by atoms with van der Waals surface area (Å²) in [5.41, 5.74) is -0.0430. The Hall–Kier alpha value is -2.77. The smallest absolute Gasteiger partial charge is 0.201 e. The molecule has 3 atom stereocenters. The molecule has 0 heterocycles. The van der Waals surface area contributed by atoms with Crippen LogP contribution in [0.1, 0.15) is 61.7 Å². The van der Waals surface area contributed by atoms with E-state index in [1.54, 1.807) is 12.1 Å². The van der Waals surface area contributed by atoms with Crippen molar-refractivity contribution in [2.45, 2.75) is 24.8 Å². The number of fused-ring (bicyclic) bond motifs is 3. The maximum absolute atomic E-state index is 14.6. The Morgan fingerprint density at radius 3 is 2.52 bits per heavy atom. The monoisotopic (exact) mass is 372 g/mol. The molecule has 2 aromatic rings. The highest BCUT2D eigenvalue weighted by molar-refractivity contribution is 6.30. The molecule has 0 amide bonds. The van der Waals surface area contributed by atoms with E-state index in [-0.39, 0.29) is 45.6 Å². The Morgan fingerprint density at radius 2 is 1.85 bits per heavy atom. The quantitative estimate of drug-likeness (QED) is 0.718. The molecule has 2 aliphatic rings. The number of phenols is 1. The van der Waals surface area contributed by atoms with Crippen LogP contribution in [0.25, 0.3) is 0 Å². The van der Waals surface area contributed by atoms with Crippen molar-refractivity contribution in [3.05, 3.63) is 57.6 Å². The summed E-state index contributed by atoms with van der Waals surface area (Å²) in [6.07, 6.45) is -3.99. The number of rotatable bonds is 2. The minimum Gasteiger partial charge on any atom is -0.507 e. The van der Waals surface area contributed by atoms with Crippen LogP contribution in [-0.2, 0) is 4.74 Å². The number of hydrogen-bond donors (Lipinski definition) is 2. The highest BCUT2D eigenvalue weighted by Gasteiger charge is 2.42. The van der Waals surface area contributed by atoms with Crippen molar-refractivity contribution in [3.63, 3.8) is 0 Å². The van der Waals surface area contributed by atoms with Gasteiger partial charge in [0.1, 0.15) is 11.5 Å². The van der Waals surface area contributed by atoms with Crippen molar-refractivity contribution in [2.75, 3.05) is 14.2 Å². The molecule has 2 aromatic carbocycles. The van der Waals surface area contributed by atoms with Crippen LogP contribution in [0.2, 0.25) is 0 Å². The maximum Gasteiger partial charge on any atom is 0.201 e. The first-order valence-electron chi connectivity index (χ1n) is 8.41. The van der Waals surface area contributed by atoms with Gasteiger partial charge in [0.05, 0.1) is 30.4 Å². The maximum atomic E-state index is 14.6. The highest BCUT2D eigenvalue weighted by atomic mass is 19.1. The molecular weight excluding hydrogens is 355 g/mol. The molecule has 0 saturated carbocycles. The van der Waals surface area contributed by atoms with Crippen molar-refractivity contribution < 1.29 is 33.7 Å². The zero-order valence-corrected chi connectivity index (χ0v) is 14.7. The molecule has 2 N–H and O–H groups in total. The summed E-state index contributed by atoms with van der Waals surface area (Å²) >= 11 is 0. The summed E-state index contributed by atoms with van der Waals surface area (Å²) in [7, 11) is 2.75. The first kappa shape index (κ1) is 17.6. The Bertz CT molecular complexity index is 983. The molecule has 2 aliphatic carbocycles. The van der Waals surface area contributed by atoms with Gasteiger partial charge in [-0.3, -0.25) is 9.59 Å². The van der Waals surface area contributed by atoms with Crippen LogP contribution < -0.4 is 4.74 Å². The average Bonchev–Trinajstić information content (AvgIpc) is 2.67. The number of ketones is 2. The van der Waals surface area contributed by atoms with E-state index in [9.17, 15) is 24.2 Å². The molecule has 0 radical (unpaired) electrons. The molecule has 0 aliphatic heterocycles. The van der Waals surface area contributed by atoms with E-state index in [4.69, 9.17) is 9.47 Å². The molecule has 7 heteroatoms. The van der Waals surface area contributed by atoms with Crippen LogP contribution >= 0.6 is 0 Å². The Kier molecular flexibility index (Phi) is 4.01. The van der Waals surface area contributed by atoms with E-state index < -0.39 is 35.7 Å². The number of aliphatic hydroxyl groups is 1. The van der Waals surface area contributed by atoms with Gasteiger partial charge in [-0.25, -0.2) is 4.39 Å². The Morgan fingerprint density at radius 1 is 1.11 bits per heavy atom. The number of carbonyl (C=O) groups excluding carboxylic acids is 2. The lowest BCUT2D eigenvalue weighted by molar-refractivity contribution is -0.00973. The number of carbonyl (C=O) groups is 2. The lowest BCUT2D eigenvalue weighted by Gasteiger charge is -2.33. The number of alkyl halides is 1. The summed E-state index contributed by atoms with van der Waals surface area (Å²) in [6, 6.07) is 5.86. The van der Waals surface area contributed by atoms with Crippen LogP contribution in [0.4, 0.5) is 4.39 Å². The van der Waals surface area contributed by atoms with E-state index in [0.717, 1.165) is 0 Å². The van der Waals surface area contributed by atoms with Crippen LogP contribution in [0.3, 0.4) is 0 Å². The standard InChI is InChI=1S/C20H17FO6/c1-26-12-5-3-4-8-14(12)19(24)16-10(18(8)23)6-9-15(20(16)25)13(27-2)7-11(22)17(9)21/h3-6,11,13,17,22,25H,7H2,1-2H3/t11-,13+,17-/m0/s1. The fourth-order valence-corrected chi connectivity index (χ4v) is 3.95. The largest absolute Gasteiger partial charge is 0.507 e. The van der Waals surface area contributed by atoms with Gasteiger partial charge >= 0.3 is 0 Å². The summed E-state index contributed by atoms with van der Waals surface area (Å²) in [4.78, 5) is 26.1. The molecule has 0 bridgehead atoms. The summed E-state index contributed by atoms with van der Waals surface area (Å²) < 4.78 is 25.1. The molecule has 0 saturated heterocycles. The number of aliphatic hydroxyl groups excluding tert-OH is 1. The Balaban J connectivity index is 2.02. The van der Waals surface area contributed by atoms with Gasteiger partial charge in [-0.15, -0.1) is 0 Å². The minimum atomic E-state index is -1.79. The molecule has 4 rings (SSSR count). The summed E-state index contributed by atoms with van der Waals surface area (Å²) in [6.45, 7) is 0. The second-order valence-corrected chi connectivity index (χ2v) is 6.62. The topological polar surface area (TPSA) is 93.1 Å².